The molecule has 150 valence electrons. The zero-order valence-electron chi connectivity index (χ0n) is 16.1. The zero-order valence-corrected chi connectivity index (χ0v) is 16.1. The molecule has 1 N–H and O–H groups in total. The van der Waals surface area contributed by atoms with E-state index in [0.29, 0.717) is 11.1 Å². The van der Waals surface area contributed by atoms with E-state index in [1.54, 1.807) is 32.9 Å². The number of fused-ring (bicyclic) bond motifs is 4. The zero-order chi connectivity index (χ0) is 20.4. The van der Waals surface area contributed by atoms with Gasteiger partial charge in [0.2, 0.25) is 5.78 Å². The van der Waals surface area contributed by atoms with E-state index in [-0.39, 0.29) is 12.4 Å². The molecule has 8 nitrogen and oxygen atoms in total. The van der Waals surface area contributed by atoms with E-state index in [1.807, 2.05) is 0 Å². The number of rotatable bonds is 2. The molecule has 0 aromatic carbocycles. The summed E-state index contributed by atoms with van der Waals surface area (Å²) in [4.78, 5) is 37.6. The van der Waals surface area contributed by atoms with E-state index >= 15 is 0 Å². The molecule has 2 bridgehead atoms. The topological polar surface area (TPSA) is 112 Å². The van der Waals surface area contributed by atoms with Gasteiger partial charge >= 0.3 is 11.9 Å². The molecule has 4 aliphatic rings. The summed E-state index contributed by atoms with van der Waals surface area (Å²) < 4.78 is 22.4. The lowest BCUT2D eigenvalue weighted by Gasteiger charge is -2.37. The van der Waals surface area contributed by atoms with Crippen molar-refractivity contribution >= 4 is 17.7 Å². The molecule has 4 heterocycles. The second kappa shape index (κ2) is 6.02. The van der Waals surface area contributed by atoms with Crippen LogP contribution in [-0.2, 0) is 33.3 Å². The standard InChI is InChI=1S/C20H22O8/c1-5-9(2)17(23)27-15-14-12(26-18(24)20(14)8-25-20)6-10(3)11-7-13(21)19(4,28-11)16(15)22/h5-7,12,14-16,22H,8H2,1-4H3/b9-5-,10-6-/t12-,14+,15+,16-,19-,20-/m1/s1. The predicted octanol–water partition coefficient (Wildman–Crippen LogP) is 0.738. The number of hydrogen-bond donors (Lipinski definition) is 1. The third-order valence-corrected chi connectivity index (χ3v) is 6.04. The fourth-order valence-corrected chi connectivity index (χ4v) is 3.96. The van der Waals surface area contributed by atoms with Gasteiger partial charge in [0.15, 0.2) is 11.2 Å². The van der Waals surface area contributed by atoms with E-state index in [1.165, 1.54) is 13.0 Å². The van der Waals surface area contributed by atoms with Crippen LogP contribution in [0.1, 0.15) is 27.7 Å². The summed E-state index contributed by atoms with van der Waals surface area (Å²) in [7, 11) is 0. The smallest absolute Gasteiger partial charge is 0.342 e. The Labute approximate surface area is 161 Å². The highest BCUT2D eigenvalue weighted by atomic mass is 16.7. The Morgan fingerprint density at radius 2 is 2.07 bits per heavy atom. The first kappa shape index (κ1) is 18.9. The largest absolute Gasteiger partial charge is 0.476 e. The molecule has 28 heavy (non-hydrogen) atoms. The SMILES string of the molecule is C/C=C(/C)C(=O)O[C@H]1[C@@H]2[C@@H](/C=C(/C)C3=CC(=O)[C@@](C)(O3)[C@@H]1O)OC(=O)[C@@]21CO1. The third kappa shape index (κ3) is 2.48. The normalized spacial score (nSPS) is 43.7. The van der Waals surface area contributed by atoms with E-state index in [2.05, 4.69) is 0 Å². The molecule has 6 atom stereocenters. The first-order valence-corrected chi connectivity index (χ1v) is 9.15. The average Bonchev–Trinajstić information content (AvgIpc) is 3.32. The van der Waals surface area contributed by atoms with Crippen molar-refractivity contribution in [3.63, 3.8) is 0 Å². The maximum Gasteiger partial charge on any atom is 0.342 e. The fourth-order valence-electron chi connectivity index (χ4n) is 3.96. The van der Waals surface area contributed by atoms with Gasteiger partial charge in [-0.2, -0.15) is 0 Å². The van der Waals surface area contributed by atoms with E-state index < -0.39 is 53.2 Å². The van der Waals surface area contributed by atoms with Gasteiger partial charge < -0.3 is 24.1 Å². The molecule has 0 aliphatic carbocycles. The molecular formula is C20H22O8. The van der Waals surface area contributed by atoms with Crippen molar-refractivity contribution in [2.45, 2.75) is 57.2 Å². The average molecular weight is 390 g/mol. The number of epoxide rings is 1. The van der Waals surface area contributed by atoms with E-state index in [0.717, 1.165) is 0 Å². The number of aliphatic hydroxyl groups excluding tert-OH is 1. The lowest BCUT2D eigenvalue weighted by atomic mass is 9.77. The molecule has 0 aromatic rings. The second-order valence-corrected chi connectivity index (χ2v) is 7.79. The Balaban J connectivity index is 1.84. The van der Waals surface area contributed by atoms with Crippen LogP contribution in [0.2, 0.25) is 0 Å². The predicted molar refractivity (Wildman–Crippen MR) is 93.7 cm³/mol. The maximum absolute atomic E-state index is 12.6. The highest BCUT2D eigenvalue weighted by molar-refractivity contribution is 6.00. The molecular weight excluding hydrogens is 368 g/mol. The number of esters is 2. The minimum atomic E-state index is -1.66. The van der Waals surface area contributed by atoms with Crippen LogP contribution >= 0.6 is 0 Å². The molecule has 4 aliphatic heterocycles. The Morgan fingerprint density at radius 3 is 2.68 bits per heavy atom. The summed E-state index contributed by atoms with van der Waals surface area (Å²) in [6.07, 6.45) is 0.923. The summed E-state index contributed by atoms with van der Waals surface area (Å²) >= 11 is 0. The molecule has 4 rings (SSSR count). The highest BCUT2D eigenvalue weighted by Crippen LogP contribution is 2.51. The fraction of sp³-hybridized carbons (Fsp3) is 0.550. The quantitative estimate of drug-likeness (QED) is 0.417. The van der Waals surface area contributed by atoms with Crippen molar-refractivity contribution in [1.82, 2.24) is 0 Å². The van der Waals surface area contributed by atoms with Crippen LogP contribution in [0.25, 0.3) is 0 Å². The van der Waals surface area contributed by atoms with Crippen molar-refractivity contribution in [3.05, 3.63) is 35.1 Å². The first-order chi connectivity index (χ1) is 13.1. The maximum atomic E-state index is 12.6. The van der Waals surface area contributed by atoms with Crippen molar-refractivity contribution in [2.75, 3.05) is 6.61 Å². The Bertz CT molecular complexity index is 861. The lowest BCUT2D eigenvalue weighted by Crippen LogP contribution is -2.57. The number of ketones is 1. The van der Waals surface area contributed by atoms with Crippen molar-refractivity contribution in [2.24, 2.45) is 5.92 Å². The molecule has 0 unspecified atom stereocenters. The number of carbonyl (C=O) groups is 3. The van der Waals surface area contributed by atoms with Gasteiger partial charge in [0.25, 0.3) is 0 Å². The van der Waals surface area contributed by atoms with Gasteiger partial charge in [-0.05, 0) is 39.3 Å². The second-order valence-electron chi connectivity index (χ2n) is 7.79. The van der Waals surface area contributed by atoms with Crippen molar-refractivity contribution in [3.8, 4) is 0 Å². The summed E-state index contributed by atoms with van der Waals surface area (Å²) in [6, 6.07) is 0. The minimum absolute atomic E-state index is 0.0947. The van der Waals surface area contributed by atoms with Crippen LogP contribution in [0.4, 0.5) is 0 Å². The Hall–Kier alpha value is -2.45. The molecule has 2 saturated heterocycles. The summed E-state index contributed by atoms with van der Waals surface area (Å²) in [5.41, 5.74) is -2.04. The Morgan fingerprint density at radius 1 is 1.39 bits per heavy atom. The third-order valence-electron chi connectivity index (χ3n) is 6.04. The number of hydrogen-bond acceptors (Lipinski definition) is 8. The van der Waals surface area contributed by atoms with E-state index in [9.17, 15) is 19.5 Å². The van der Waals surface area contributed by atoms with E-state index in [4.69, 9.17) is 18.9 Å². The van der Waals surface area contributed by atoms with Crippen LogP contribution < -0.4 is 0 Å². The van der Waals surface area contributed by atoms with Gasteiger partial charge in [0.05, 0.1) is 12.5 Å². The van der Waals surface area contributed by atoms with Gasteiger partial charge in [-0.15, -0.1) is 0 Å². The van der Waals surface area contributed by atoms with Crippen LogP contribution in [0.5, 0.6) is 0 Å². The molecule has 0 saturated carbocycles. The van der Waals surface area contributed by atoms with Gasteiger partial charge in [0, 0.05) is 11.6 Å². The van der Waals surface area contributed by atoms with Crippen LogP contribution in [0.3, 0.4) is 0 Å². The summed E-state index contributed by atoms with van der Waals surface area (Å²) in [6.45, 7) is 6.51. The van der Waals surface area contributed by atoms with Gasteiger partial charge in [-0.1, -0.05) is 6.08 Å². The summed E-state index contributed by atoms with van der Waals surface area (Å²) in [5.74, 6) is -2.20. The molecule has 8 heteroatoms. The van der Waals surface area contributed by atoms with Crippen LogP contribution in [0.15, 0.2) is 35.1 Å². The lowest BCUT2D eigenvalue weighted by molar-refractivity contribution is -0.179. The van der Waals surface area contributed by atoms with Crippen molar-refractivity contribution in [1.29, 1.82) is 0 Å². The number of ether oxygens (including phenoxy) is 4. The molecule has 2 fully saturated rings. The minimum Gasteiger partial charge on any atom is -0.476 e. The van der Waals surface area contributed by atoms with Gasteiger partial charge in [-0.25, -0.2) is 9.59 Å². The number of allylic oxidation sites excluding steroid dienone is 2. The molecule has 0 aromatic heterocycles. The summed E-state index contributed by atoms with van der Waals surface area (Å²) in [5, 5.41) is 11.2. The van der Waals surface area contributed by atoms with Gasteiger partial charge in [0.1, 0.15) is 24.1 Å². The van der Waals surface area contributed by atoms with Crippen LogP contribution in [0, 0.1) is 5.92 Å². The monoisotopic (exact) mass is 390 g/mol. The number of aliphatic hydroxyl groups is 1. The number of carbonyl (C=O) groups excluding carboxylic acids is 3. The van der Waals surface area contributed by atoms with Crippen molar-refractivity contribution < 1.29 is 38.4 Å². The first-order valence-electron chi connectivity index (χ1n) is 9.15. The molecule has 1 spiro atoms. The molecule has 0 radical (unpaired) electrons. The highest BCUT2D eigenvalue weighted by Gasteiger charge is 2.72. The van der Waals surface area contributed by atoms with Crippen LogP contribution in [-0.4, -0.2) is 58.9 Å². The Kier molecular flexibility index (Phi) is 4.06. The molecule has 0 amide bonds. The van der Waals surface area contributed by atoms with Gasteiger partial charge in [-0.3, -0.25) is 4.79 Å².